The van der Waals surface area contributed by atoms with Crippen molar-refractivity contribution in [2.75, 3.05) is 5.32 Å². The van der Waals surface area contributed by atoms with Crippen LogP contribution in [0.25, 0.3) is 11.1 Å². The fourth-order valence-electron chi connectivity index (χ4n) is 3.39. The molecule has 0 unspecified atom stereocenters. The van der Waals surface area contributed by atoms with Crippen molar-refractivity contribution < 1.29 is 14.7 Å². The van der Waals surface area contributed by atoms with Crippen molar-refractivity contribution in [2.24, 2.45) is 0 Å². The molecule has 5 heteroatoms. The highest BCUT2D eigenvalue weighted by atomic mass is 16.4. The van der Waals surface area contributed by atoms with Gasteiger partial charge >= 0.3 is 5.97 Å². The summed E-state index contributed by atoms with van der Waals surface area (Å²) in [7, 11) is 0. The van der Waals surface area contributed by atoms with Gasteiger partial charge < -0.3 is 15.4 Å². The van der Waals surface area contributed by atoms with Crippen molar-refractivity contribution in [2.45, 2.75) is 33.6 Å². The fourth-order valence-corrected chi connectivity index (χ4v) is 3.39. The number of rotatable bonds is 4. The Bertz CT molecular complexity index is 875. The summed E-state index contributed by atoms with van der Waals surface area (Å²) < 4.78 is 0. The number of benzene rings is 1. The highest BCUT2D eigenvalue weighted by Crippen LogP contribution is 2.37. The van der Waals surface area contributed by atoms with Crippen molar-refractivity contribution in [3.05, 3.63) is 52.3 Å². The van der Waals surface area contributed by atoms with Crippen LogP contribution in [-0.2, 0) is 16.0 Å². The third-order valence-electron chi connectivity index (χ3n) is 4.60. The molecular formula is C19H20N2O3. The van der Waals surface area contributed by atoms with Crippen molar-refractivity contribution >= 4 is 28.7 Å². The number of carbonyl (C=O) groups is 2. The number of aromatic amines is 1. The molecule has 3 N–H and O–H groups in total. The predicted molar refractivity (Wildman–Crippen MR) is 93.8 cm³/mol. The maximum atomic E-state index is 12.4. The normalized spacial score (nSPS) is 15.2. The molecule has 0 radical (unpaired) electrons. The molecule has 0 spiro atoms. The summed E-state index contributed by atoms with van der Waals surface area (Å²) >= 11 is 0. The van der Waals surface area contributed by atoms with E-state index in [0.717, 1.165) is 39.3 Å². The van der Waals surface area contributed by atoms with Crippen molar-refractivity contribution in [1.29, 1.82) is 0 Å². The Labute approximate surface area is 140 Å². The SMILES string of the molecule is CC(=C1C(=O)Nc2ccccc21)c1[nH]c(C)c(CCC(=O)O)c1C. The van der Waals surface area contributed by atoms with Crippen LogP contribution in [0.2, 0.25) is 0 Å². The zero-order valence-electron chi connectivity index (χ0n) is 14.0. The number of H-pyrrole nitrogens is 1. The van der Waals surface area contributed by atoms with E-state index in [1.54, 1.807) is 0 Å². The van der Waals surface area contributed by atoms with E-state index in [2.05, 4.69) is 10.3 Å². The third-order valence-corrected chi connectivity index (χ3v) is 4.60. The van der Waals surface area contributed by atoms with Gasteiger partial charge in [-0.1, -0.05) is 18.2 Å². The number of carboxylic acids is 1. The van der Waals surface area contributed by atoms with E-state index in [1.165, 1.54) is 0 Å². The van der Waals surface area contributed by atoms with Crippen LogP contribution in [0.5, 0.6) is 0 Å². The molecule has 0 aliphatic carbocycles. The lowest BCUT2D eigenvalue weighted by atomic mass is 9.96. The lowest BCUT2D eigenvalue weighted by Gasteiger charge is -2.06. The quantitative estimate of drug-likeness (QED) is 0.752. The first-order valence-electron chi connectivity index (χ1n) is 7.92. The lowest BCUT2D eigenvalue weighted by Crippen LogP contribution is -2.05. The number of allylic oxidation sites excluding steroid dienone is 1. The standard InChI is InChI=1S/C19H20N2O3/c1-10-13(8-9-16(22)23)12(3)20-18(10)11(2)17-14-6-4-5-7-15(14)21-19(17)24/h4-7,20H,8-9H2,1-3H3,(H,21,24)(H,22,23). The summed E-state index contributed by atoms with van der Waals surface area (Å²) in [4.78, 5) is 26.6. The van der Waals surface area contributed by atoms with Gasteiger partial charge in [-0.05, 0) is 50.0 Å². The Morgan fingerprint density at radius 3 is 2.62 bits per heavy atom. The highest BCUT2D eigenvalue weighted by Gasteiger charge is 2.27. The zero-order valence-corrected chi connectivity index (χ0v) is 14.0. The minimum Gasteiger partial charge on any atom is -0.481 e. The molecule has 0 fully saturated rings. The van der Waals surface area contributed by atoms with Crippen LogP contribution in [0.15, 0.2) is 24.3 Å². The van der Waals surface area contributed by atoms with Crippen LogP contribution in [-0.4, -0.2) is 22.0 Å². The van der Waals surface area contributed by atoms with Crippen LogP contribution < -0.4 is 5.32 Å². The maximum absolute atomic E-state index is 12.4. The molecular weight excluding hydrogens is 304 g/mol. The molecule has 1 amide bonds. The number of anilines is 1. The number of hydrogen-bond acceptors (Lipinski definition) is 2. The van der Waals surface area contributed by atoms with Gasteiger partial charge in [-0.15, -0.1) is 0 Å². The predicted octanol–water partition coefficient (Wildman–Crippen LogP) is 3.53. The second-order valence-corrected chi connectivity index (χ2v) is 6.12. The number of carboxylic acid groups (broad SMARTS) is 1. The van der Waals surface area contributed by atoms with Crippen LogP contribution in [0.3, 0.4) is 0 Å². The second-order valence-electron chi connectivity index (χ2n) is 6.12. The topological polar surface area (TPSA) is 82.2 Å². The number of fused-ring (bicyclic) bond motifs is 1. The first-order valence-corrected chi connectivity index (χ1v) is 7.92. The van der Waals surface area contributed by atoms with Gasteiger partial charge in [0.05, 0.1) is 5.57 Å². The third kappa shape index (κ3) is 2.62. The Kier molecular flexibility index (Phi) is 4.01. The van der Waals surface area contributed by atoms with E-state index in [9.17, 15) is 9.59 Å². The number of aryl methyl sites for hydroxylation is 1. The van der Waals surface area contributed by atoms with Crippen molar-refractivity contribution in [3.63, 3.8) is 0 Å². The van der Waals surface area contributed by atoms with Crippen LogP contribution >= 0.6 is 0 Å². The minimum atomic E-state index is -0.810. The summed E-state index contributed by atoms with van der Waals surface area (Å²) in [5.41, 5.74) is 7.14. The molecule has 0 saturated heterocycles. The molecule has 124 valence electrons. The number of aromatic nitrogens is 1. The van der Waals surface area contributed by atoms with E-state index in [0.29, 0.717) is 12.0 Å². The number of nitrogens with one attached hydrogen (secondary N) is 2. The van der Waals surface area contributed by atoms with E-state index in [4.69, 9.17) is 5.11 Å². The van der Waals surface area contributed by atoms with Crippen LogP contribution in [0, 0.1) is 13.8 Å². The van der Waals surface area contributed by atoms with Crippen LogP contribution in [0.4, 0.5) is 5.69 Å². The van der Waals surface area contributed by atoms with Gasteiger partial charge in [-0.25, -0.2) is 0 Å². The molecule has 0 bridgehead atoms. The number of carbonyl (C=O) groups excluding carboxylic acids is 1. The van der Waals surface area contributed by atoms with Gasteiger partial charge in [0, 0.05) is 29.1 Å². The maximum Gasteiger partial charge on any atom is 0.303 e. The van der Waals surface area contributed by atoms with Gasteiger partial charge in [0.25, 0.3) is 5.91 Å². The Balaban J connectivity index is 2.08. The second kappa shape index (κ2) is 6.00. The molecule has 1 aliphatic heterocycles. The summed E-state index contributed by atoms with van der Waals surface area (Å²) in [5, 5.41) is 11.8. The number of para-hydroxylation sites is 1. The molecule has 0 saturated carbocycles. The van der Waals surface area contributed by atoms with E-state index in [1.807, 2.05) is 45.0 Å². The Morgan fingerprint density at radius 2 is 1.92 bits per heavy atom. The molecule has 3 rings (SSSR count). The van der Waals surface area contributed by atoms with E-state index in [-0.39, 0.29) is 12.3 Å². The van der Waals surface area contributed by atoms with Crippen molar-refractivity contribution in [1.82, 2.24) is 4.98 Å². The molecule has 1 aromatic heterocycles. The molecule has 5 nitrogen and oxygen atoms in total. The molecule has 0 atom stereocenters. The molecule has 1 aromatic carbocycles. The Morgan fingerprint density at radius 1 is 1.21 bits per heavy atom. The largest absolute Gasteiger partial charge is 0.481 e. The van der Waals surface area contributed by atoms with Crippen molar-refractivity contribution in [3.8, 4) is 0 Å². The fraction of sp³-hybridized carbons (Fsp3) is 0.263. The van der Waals surface area contributed by atoms with Gasteiger partial charge in [0.2, 0.25) is 0 Å². The minimum absolute atomic E-state index is 0.0952. The lowest BCUT2D eigenvalue weighted by molar-refractivity contribution is -0.137. The summed E-state index contributed by atoms with van der Waals surface area (Å²) in [6.07, 6.45) is 0.576. The molecule has 2 heterocycles. The average molecular weight is 324 g/mol. The van der Waals surface area contributed by atoms with Gasteiger partial charge in [-0.2, -0.15) is 0 Å². The van der Waals surface area contributed by atoms with E-state index >= 15 is 0 Å². The Hall–Kier alpha value is -2.82. The van der Waals surface area contributed by atoms with Crippen LogP contribution in [0.1, 0.15) is 41.4 Å². The smallest absolute Gasteiger partial charge is 0.303 e. The van der Waals surface area contributed by atoms with Gasteiger partial charge in [0.15, 0.2) is 0 Å². The summed E-state index contributed by atoms with van der Waals surface area (Å²) in [6.45, 7) is 5.84. The molecule has 2 aromatic rings. The average Bonchev–Trinajstić information content (AvgIpc) is 3.01. The summed E-state index contributed by atoms with van der Waals surface area (Å²) in [5.74, 6) is -0.914. The molecule has 1 aliphatic rings. The zero-order chi connectivity index (χ0) is 17.4. The number of hydrogen-bond donors (Lipinski definition) is 3. The van der Waals surface area contributed by atoms with Gasteiger partial charge in [-0.3, -0.25) is 9.59 Å². The summed E-state index contributed by atoms with van der Waals surface area (Å²) in [6, 6.07) is 7.63. The number of amides is 1. The number of aliphatic carboxylic acids is 1. The molecule has 24 heavy (non-hydrogen) atoms. The monoisotopic (exact) mass is 324 g/mol. The first kappa shape index (κ1) is 16.1. The van der Waals surface area contributed by atoms with E-state index < -0.39 is 5.97 Å². The van der Waals surface area contributed by atoms with Gasteiger partial charge in [0.1, 0.15) is 0 Å². The first-order chi connectivity index (χ1) is 11.4. The highest BCUT2D eigenvalue weighted by molar-refractivity contribution is 6.36.